The maximum absolute atomic E-state index is 12.0. The first-order chi connectivity index (χ1) is 14.1. The number of benzene rings is 2. The fourth-order valence-corrected chi connectivity index (χ4v) is 4.21. The first-order valence-electron chi connectivity index (χ1n) is 9.48. The number of hydrogen-bond donors (Lipinski definition) is 2. The predicted octanol–water partition coefficient (Wildman–Crippen LogP) is 5.47. The Morgan fingerprint density at radius 2 is 1.83 bits per heavy atom. The van der Waals surface area contributed by atoms with Gasteiger partial charge in [0.1, 0.15) is 11.5 Å². The summed E-state index contributed by atoms with van der Waals surface area (Å²) in [6.07, 6.45) is 2.04. The molecule has 1 amide bonds. The van der Waals surface area contributed by atoms with Crippen molar-refractivity contribution in [3.63, 3.8) is 0 Å². The van der Waals surface area contributed by atoms with E-state index < -0.39 is 0 Å². The van der Waals surface area contributed by atoms with Crippen molar-refractivity contribution < 1.29 is 9.53 Å². The molecule has 8 heteroatoms. The molecule has 1 heterocycles. The van der Waals surface area contributed by atoms with Crippen molar-refractivity contribution in [1.29, 1.82) is 0 Å². The minimum atomic E-state index is 0.0228. The lowest BCUT2D eigenvalue weighted by atomic mass is 10.2. The maximum Gasteiger partial charge on any atom is 0.230 e. The van der Waals surface area contributed by atoms with Gasteiger partial charge in [-0.15, -0.1) is 10.2 Å². The minimum Gasteiger partial charge on any atom is -0.457 e. The molecule has 0 fully saturated rings. The molecule has 29 heavy (non-hydrogen) atoms. The van der Waals surface area contributed by atoms with E-state index in [1.807, 2.05) is 61.5 Å². The van der Waals surface area contributed by atoms with Gasteiger partial charge in [0.2, 0.25) is 11.0 Å². The summed E-state index contributed by atoms with van der Waals surface area (Å²) in [5, 5.41) is 15.2. The van der Waals surface area contributed by atoms with E-state index in [0.717, 1.165) is 34.4 Å². The Kier molecular flexibility index (Phi) is 7.89. The van der Waals surface area contributed by atoms with E-state index >= 15 is 0 Å². The summed E-state index contributed by atoms with van der Waals surface area (Å²) in [5.41, 5.74) is 0.893. The Bertz CT molecular complexity index is 901. The standard InChI is InChI=1S/C21H24N4O2S2/c1-3-7-15(2)22-19(26)14-28-21-25-24-20(29-21)23-16-10-12-18(13-11-16)27-17-8-5-4-6-9-17/h4-6,8-13,15H,3,7,14H2,1-2H3,(H,22,26)(H,23,24). The molecule has 0 saturated carbocycles. The number of nitrogens with zero attached hydrogens (tertiary/aromatic N) is 2. The van der Waals surface area contributed by atoms with Crippen molar-refractivity contribution in [2.45, 2.75) is 37.1 Å². The van der Waals surface area contributed by atoms with E-state index in [1.54, 1.807) is 0 Å². The van der Waals surface area contributed by atoms with Crippen LogP contribution in [0, 0.1) is 0 Å². The van der Waals surface area contributed by atoms with Gasteiger partial charge in [-0.05, 0) is 49.7 Å². The number of hydrogen-bond acceptors (Lipinski definition) is 7. The second-order valence-electron chi connectivity index (χ2n) is 6.48. The number of amides is 1. The smallest absolute Gasteiger partial charge is 0.230 e. The van der Waals surface area contributed by atoms with Crippen molar-refractivity contribution in [3.8, 4) is 11.5 Å². The third-order valence-corrected chi connectivity index (χ3v) is 5.92. The SMILES string of the molecule is CCCC(C)NC(=O)CSc1nnc(Nc2ccc(Oc3ccccc3)cc2)s1. The largest absolute Gasteiger partial charge is 0.457 e. The summed E-state index contributed by atoms with van der Waals surface area (Å²) in [6.45, 7) is 4.13. The van der Waals surface area contributed by atoms with Crippen LogP contribution < -0.4 is 15.4 Å². The van der Waals surface area contributed by atoms with Crippen molar-refractivity contribution in [2.75, 3.05) is 11.1 Å². The zero-order valence-electron chi connectivity index (χ0n) is 16.4. The fourth-order valence-electron chi connectivity index (χ4n) is 2.62. The van der Waals surface area contributed by atoms with Crippen molar-refractivity contribution in [2.24, 2.45) is 0 Å². The zero-order valence-corrected chi connectivity index (χ0v) is 18.1. The normalized spacial score (nSPS) is 11.7. The average molecular weight is 429 g/mol. The van der Waals surface area contributed by atoms with Crippen LogP contribution >= 0.6 is 23.1 Å². The molecular formula is C21H24N4O2S2. The van der Waals surface area contributed by atoms with Gasteiger partial charge in [-0.25, -0.2) is 0 Å². The third kappa shape index (κ3) is 7.07. The molecule has 1 atom stereocenters. The van der Waals surface area contributed by atoms with Crippen LogP contribution in [0.25, 0.3) is 0 Å². The molecule has 152 valence electrons. The van der Waals surface area contributed by atoms with E-state index in [0.29, 0.717) is 10.9 Å². The molecule has 0 aliphatic heterocycles. The van der Waals surface area contributed by atoms with E-state index in [4.69, 9.17) is 4.74 Å². The highest BCUT2D eigenvalue weighted by Gasteiger charge is 2.10. The summed E-state index contributed by atoms with van der Waals surface area (Å²) in [4.78, 5) is 12.0. The number of thioether (sulfide) groups is 1. The number of carbonyl (C=O) groups excluding carboxylic acids is 1. The van der Waals surface area contributed by atoms with E-state index in [9.17, 15) is 4.79 Å². The Labute approximate surface area is 179 Å². The molecule has 1 unspecified atom stereocenters. The molecule has 0 radical (unpaired) electrons. The number of nitrogens with one attached hydrogen (secondary N) is 2. The molecule has 2 N–H and O–H groups in total. The summed E-state index contributed by atoms with van der Waals surface area (Å²) < 4.78 is 6.55. The van der Waals surface area contributed by atoms with Gasteiger partial charge in [0.05, 0.1) is 5.75 Å². The number of para-hydroxylation sites is 1. The second kappa shape index (κ2) is 10.8. The van der Waals surface area contributed by atoms with Gasteiger partial charge < -0.3 is 15.4 Å². The molecule has 0 spiro atoms. The molecule has 0 bridgehead atoms. The molecule has 6 nitrogen and oxygen atoms in total. The summed E-state index contributed by atoms with van der Waals surface area (Å²) in [7, 11) is 0. The summed E-state index contributed by atoms with van der Waals surface area (Å²) >= 11 is 2.82. The second-order valence-corrected chi connectivity index (χ2v) is 8.68. The van der Waals surface area contributed by atoms with Gasteiger partial charge in [0, 0.05) is 11.7 Å². The summed E-state index contributed by atoms with van der Waals surface area (Å²) in [5.74, 6) is 1.93. The van der Waals surface area contributed by atoms with Gasteiger partial charge in [0.15, 0.2) is 4.34 Å². The Hall–Kier alpha value is -2.58. The Morgan fingerprint density at radius 1 is 1.10 bits per heavy atom. The minimum absolute atomic E-state index is 0.0228. The monoisotopic (exact) mass is 428 g/mol. The number of aromatic nitrogens is 2. The van der Waals surface area contributed by atoms with Gasteiger partial charge in [-0.1, -0.05) is 54.6 Å². The number of rotatable bonds is 10. The van der Waals surface area contributed by atoms with Crippen LogP contribution in [0.3, 0.4) is 0 Å². The lowest BCUT2D eigenvalue weighted by molar-refractivity contribution is -0.119. The van der Waals surface area contributed by atoms with Crippen LogP contribution in [0.5, 0.6) is 11.5 Å². The predicted molar refractivity (Wildman–Crippen MR) is 119 cm³/mol. The Morgan fingerprint density at radius 3 is 2.55 bits per heavy atom. The van der Waals surface area contributed by atoms with Crippen LogP contribution in [-0.2, 0) is 4.79 Å². The van der Waals surface area contributed by atoms with Gasteiger partial charge >= 0.3 is 0 Å². The van der Waals surface area contributed by atoms with Crippen LogP contribution in [0.1, 0.15) is 26.7 Å². The molecule has 0 aliphatic carbocycles. The number of anilines is 2. The molecule has 0 saturated heterocycles. The average Bonchev–Trinajstić information content (AvgIpc) is 3.16. The van der Waals surface area contributed by atoms with Crippen LogP contribution in [-0.4, -0.2) is 27.9 Å². The molecule has 3 aromatic rings. The van der Waals surface area contributed by atoms with Crippen LogP contribution in [0.4, 0.5) is 10.8 Å². The molecule has 0 aliphatic rings. The van der Waals surface area contributed by atoms with Gasteiger partial charge in [-0.3, -0.25) is 4.79 Å². The maximum atomic E-state index is 12.0. The summed E-state index contributed by atoms with van der Waals surface area (Å²) in [6, 6.07) is 17.5. The first kappa shape index (κ1) is 21.1. The molecular weight excluding hydrogens is 404 g/mol. The number of carbonyl (C=O) groups is 1. The Balaban J connectivity index is 1.47. The van der Waals surface area contributed by atoms with Gasteiger partial charge in [0.25, 0.3) is 0 Å². The molecule has 1 aromatic heterocycles. The zero-order chi connectivity index (χ0) is 20.5. The van der Waals surface area contributed by atoms with E-state index in [2.05, 4.69) is 27.8 Å². The highest BCUT2D eigenvalue weighted by Crippen LogP contribution is 2.29. The fraction of sp³-hybridized carbons (Fsp3) is 0.286. The molecule has 2 aromatic carbocycles. The van der Waals surface area contributed by atoms with Crippen molar-refractivity contribution in [3.05, 3.63) is 54.6 Å². The van der Waals surface area contributed by atoms with E-state index in [1.165, 1.54) is 23.1 Å². The van der Waals surface area contributed by atoms with Crippen LogP contribution in [0.2, 0.25) is 0 Å². The quantitative estimate of drug-likeness (QED) is 0.417. The highest BCUT2D eigenvalue weighted by atomic mass is 32.2. The van der Waals surface area contributed by atoms with E-state index in [-0.39, 0.29) is 11.9 Å². The lowest BCUT2D eigenvalue weighted by Crippen LogP contribution is -2.33. The topological polar surface area (TPSA) is 76.1 Å². The lowest BCUT2D eigenvalue weighted by Gasteiger charge is -2.11. The van der Waals surface area contributed by atoms with Crippen molar-refractivity contribution in [1.82, 2.24) is 15.5 Å². The van der Waals surface area contributed by atoms with Crippen molar-refractivity contribution >= 4 is 39.8 Å². The van der Waals surface area contributed by atoms with Crippen LogP contribution in [0.15, 0.2) is 58.9 Å². The molecule has 3 rings (SSSR count). The third-order valence-electron chi connectivity index (χ3n) is 3.95. The first-order valence-corrected chi connectivity index (χ1v) is 11.3. The highest BCUT2D eigenvalue weighted by molar-refractivity contribution is 8.01. The van der Waals surface area contributed by atoms with Gasteiger partial charge in [-0.2, -0.15) is 0 Å². The number of ether oxygens (including phenoxy) is 1.